The molecule has 1 aliphatic heterocycles. The molecular formula is C14H7F3N2O5S. The molecule has 130 valence electrons. The van der Waals surface area contributed by atoms with Crippen LogP contribution in [0.25, 0.3) is 0 Å². The first kappa shape index (κ1) is 16.9. The van der Waals surface area contributed by atoms with Gasteiger partial charge in [0.05, 0.1) is 21.7 Å². The highest BCUT2D eigenvalue weighted by molar-refractivity contribution is 7.94. The van der Waals surface area contributed by atoms with Crippen LogP contribution in [0.1, 0.15) is 15.9 Å². The quantitative estimate of drug-likeness (QED) is 0.596. The number of fused-ring (bicyclic) bond motifs is 1. The van der Waals surface area contributed by atoms with Gasteiger partial charge in [0, 0.05) is 12.1 Å². The van der Waals surface area contributed by atoms with Gasteiger partial charge in [0.2, 0.25) is 0 Å². The normalized spacial score (nSPS) is 16.0. The number of nitro groups is 1. The van der Waals surface area contributed by atoms with Crippen LogP contribution in [-0.4, -0.2) is 19.2 Å². The van der Waals surface area contributed by atoms with Crippen molar-refractivity contribution >= 4 is 27.3 Å². The summed E-state index contributed by atoms with van der Waals surface area (Å²) in [5.41, 5.74) is -2.53. The van der Waals surface area contributed by atoms with Crippen molar-refractivity contribution in [1.82, 2.24) is 0 Å². The Kier molecular flexibility index (Phi) is 3.56. The Morgan fingerprint density at radius 1 is 1.08 bits per heavy atom. The van der Waals surface area contributed by atoms with Crippen LogP contribution < -0.4 is 4.31 Å². The molecule has 0 aromatic heterocycles. The number of nitrogens with zero attached hydrogens (tertiary/aromatic N) is 2. The van der Waals surface area contributed by atoms with E-state index in [0.717, 1.165) is 30.3 Å². The highest BCUT2D eigenvalue weighted by Crippen LogP contribution is 2.38. The van der Waals surface area contributed by atoms with Crippen molar-refractivity contribution in [3.63, 3.8) is 0 Å². The summed E-state index contributed by atoms with van der Waals surface area (Å²) in [6.45, 7) is 0. The number of hydrogen-bond donors (Lipinski definition) is 0. The van der Waals surface area contributed by atoms with Crippen LogP contribution in [0.4, 0.5) is 24.5 Å². The van der Waals surface area contributed by atoms with Gasteiger partial charge in [-0.2, -0.15) is 17.5 Å². The van der Waals surface area contributed by atoms with E-state index in [2.05, 4.69) is 0 Å². The van der Waals surface area contributed by atoms with Crippen LogP contribution in [0.3, 0.4) is 0 Å². The molecule has 1 amide bonds. The number of anilines is 1. The van der Waals surface area contributed by atoms with Crippen molar-refractivity contribution in [3.8, 4) is 0 Å². The summed E-state index contributed by atoms with van der Waals surface area (Å²) >= 11 is 0. The van der Waals surface area contributed by atoms with Crippen LogP contribution in [0, 0.1) is 10.1 Å². The second-order valence-electron chi connectivity index (χ2n) is 5.06. The van der Waals surface area contributed by atoms with Gasteiger partial charge in [-0.1, -0.05) is 6.07 Å². The molecule has 0 aliphatic carbocycles. The lowest BCUT2D eigenvalue weighted by atomic mass is 10.1. The maximum absolute atomic E-state index is 12.8. The number of benzene rings is 2. The SMILES string of the molecule is O=C1c2ccc([N+](=O)[O-])cc2S(=O)(=O)N1c1cccc(C(F)(F)F)c1. The summed E-state index contributed by atoms with van der Waals surface area (Å²) in [5, 5.41) is 10.8. The van der Waals surface area contributed by atoms with Crippen molar-refractivity contribution in [2.45, 2.75) is 11.1 Å². The van der Waals surface area contributed by atoms with Crippen LogP contribution >= 0.6 is 0 Å². The minimum absolute atomic E-state index is 0.205. The van der Waals surface area contributed by atoms with E-state index in [1.807, 2.05) is 0 Å². The molecule has 0 atom stereocenters. The molecule has 1 heterocycles. The standard InChI is InChI=1S/C14H7F3N2O5S/c15-14(16,17)8-2-1-3-9(6-8)18-13(20)11-5-4-10(19(21)22)7-12(11)25(18,23)24/h1-7H. The fourth-order valence-corrected chi connectivity index (χ4v) is 4.00. The lowest BCUT2D eigenvalue weighted by molar-refractivity contribution is -0.385. The van der Waals surface area contributed by atoms with E-state index in [0.29, 0.717) is 12.1 Å². The van der Waals surface area contributed by atoms with Gasteiger partial charge in [0.25, 0.3) is 21.6 Å². The Labute approximate surface area is 138 Å². The average Bonchev–Trinajstić information content (AvgIpc) is 2.73. The number of carbonyl (C=O) groups is 1. The van der Waals surface area contributed by atoms with E-state index in [1.54, 1.807) is 0 Å². The van der Waals surface area contributed by atoms with E-state index >= 15 is 0 Å². The van der Waals surface area contributed by atoms with E-state index in [1.165, 1.54) is 0 Å². The molecule has 2 aromatic carbocycles. The first-order valence-corrected chi connectivity index (χ1v) is 8.03. The zero-order valence-electron chi connectivity index (χ0n) is 12.0. The molecule has 2 aromatic rings. The zero-order chi connectivity index (χ0) is 18.6. The van der Waals surface area contributed by atoms with Crippen LogP contribution in [0.2, 0.25) is 0 Å². The summed E-state index contributed by atoms with van der Waals surface area (Å²) < 4.78 is 63.7. The fourth-order valence-electron chi connectivity index (χ4n) is 2.40. The fraction of sp³-hybridized carbons (Fsp3) is 0.0714. The number of halogens is 3. The number of nitro benzene ring substituents is 1. The predicted molar refractivity (Wildman–Crippen MR) is 78.5 cm³/mol. The zero-order valence-corrected chi connectivity index (χ0v) is 12.8. The molecule has 0 bridgehead atoms. The molecule has 0 fully saturated rings. The Morgan fingerprint density at radius 3 is 2.36 bits per heavy atom. The van der Waals surface area contributed by atoms with Gasteiger partial charge in [0.1, 0.15) is 4.90 Å². The minimum Gasteiger partial charge on any atom is -0.268 e. The van der Waals surface area contributed by atoms with E-state index in [-0.39, 0.29) is 9.87 Å². The van der Waals surface area contributed by atoms with Crippen molar-refractivity contribution in [2.75, 3.05) is 4.31 Å². The van der Waals surface area contributed by atoms with Gasteiger partial charge < -0.3 is 0 Å². The van der Waals surface area contributed by atoms with Crippen LogP contribution in [-0.2, 0) is 16.2 Å². The summed E-state index contributed by atoms with van der Waals surface area (Å²) in [4.78, 5) is 21.7. The first-order chi connectivity index (χ1) is 11.5. The highest BCUT2D eigenvalue weighted by Gasteiger charge is 2.44. The molecule has 11 heteroatoms. The number of hydrogen-bond acceptors (Lipinski definition) is 5. The molecule has 0 radical (unpaired) electrons. The van der Waals surface area contributed by atoms with Gasteiger partial charge in [-0.3, -0.25) is 14.9 Å². The molecule has 1 aliphatic rings. The Balaban J connectivity index is 2.17. The molecule has 0 N–H and O–H groups in total. The third kappa shape index (κ3) is 2.61. The second kappa shape index (κ2) is 5.28. The number of sulfonamides is 1. The Hall–Kier alpha value is -2.95. The van der Waals surface area contributed by atoms with E-state index in [4.69, 9.17) is 0 Å². The Morgan fingerprint density at radius 2 is 1.76 bits per heavy atom. The summed E-state index contributed by atoms with van der Waals surface area (Å²) in [5.74, 6) is -1.08. The van der Waals surface area contributed by atoms with Crippen molar-refractivity contribution in [1.29, 1.82) is 0 Å². The van der Waals surface area contributed by atoms with Crippen LogP contribution in [0.15, 0.2) is 47.4 Å². The molecule has 3 rings (SSSR count). The summed E-state index contributed by atoms with van der Waals surface area (Å²) in [7, 11) is -4.55. The topological polar surface area (TPSA) is 97.6 Å². The molecule has 0 saturated carbocycles. The van der Waals surface area contributed by atoms with Crippen molar-refractivity contribution in [2.24, 2.45) is 0 Å². The van der Waals surface area contributed by atoms with Gasteiger partial charge >= 0.3 is 6.18 Å². The van der Waals surface area contributed by atoms with Gasteiger partial charge in [-0.05, 0) is 24.3 Å². The highest BCUT2D eigenvalue weighted by atomic mass is 32.2. The third-order valence-electron chi connectivity index (χ3n) is 3.52. The lowest BCUT2D eigenvalue weighted by Crippen LogP contribution is -2.30. The van der Waals surface area contributed by atoms with E-state index < -0.39 is 48.9 Å². The van der Waals surface area contributed by atoms with Gasteiger partial charge in [0.15, 0.2) is 0 Å². The largest absolute Gasteiger partial charge is 0.416 e. The van der Waals surface area contributed by atoms with Gasteiger partial charge in [-0.25, -0.2) is 8.42 Å². The minimum atomic E-state index is -4.73. The Bertz CT molecular complexity index is 1020. The maximum Gasteiger partial charge on any atom is 0.416 e. The molecule has 7 nitrogen and oxygen atoms in total. The molecule has 0 spiro atoms. The number of amides is 1. The molecule has 0 saturated heterocycles. The molecule has 25 heavy (non-hydrogen) atoms. The van der Waals surface area contributed by atoms with Crippen molar-refractivity contribution < 1.29 is 31.3 Å². The lowest BCUT2D eigenvalue weighted by Gasteiger charge is -2.16. The summed E-state index contributed by atoms with van der Waals surface area (Å²) in [6.07, 6.45) is -4.73. The smallest absolute Gasteiger partial charge is 0.268 e. The number of alkyl halides is 3. The maximum atomic E-state index is 12.8. The first-order valence-electron chi connectivity index (χ1n) is 6.59. The number of rotatable bonds is 2. The average molecular weight is 372 g/mol. The number of non-ortho nitro benzene ring substituents is 1. The molecular weight excluding hydrogens is 365 g/mol. The summed E-state index contributed by atoms with van der Waals surface area (Å²) in [6, 6.07) is 5.86. The molecule has 0 unspecified atom stereocenters. The van der Waals surface area contributed by atoms with E-state index in [9.17, 15) is 36.5 Å². The number of carbonyl (C=O) groups excluding carboxylic acids is 1. The monoisotopic (exact) mass is 372 g/mol. The van der Waals surface area contributed by atoms with Crippen molar-refractivity contribution in [3.05, 3.63) is 63.7 Å². The van der Waals surface area contributed by atoms with Crippen LogP contribution in [0.5, 0.6) is 0 Å². The third-order valence-corrected chi connectivity index (χ3v) is 5.27. The predicted octanol–water partition coefficient (Wildman–Crippen LogP) is 2.96. The second-order valence-corrected chi connectivity index (χ2v) is 6.82. The van der Waals surface area contributed by atoms with Gasteiger partial charge in [-0.15, -0.1) is 0 Å².